The zero-order chi connectivity index (χ0) is 30.1. The summed E-state index contributed by atoms with van der Waals surface area (Å²) in [6, 6.07) is 26.1. The van der Waals surface area contributed by atoms with Gasteiger partial charge in [-0.05, 0) is 66.4 Å². The summed E-state index contributed by atoms with van der Waals surface area (Å²) in [7, 11) is 0. The lowest BCUT2D eigenvalue weighted by molar-refractivity contribution is -0.117. The Morgan fingerprint density at radius 1 is 0.905 bits per heavy atom. The number of nitrogens with two attached hydrogens (primary N) is 3. The molecule has 0 spiro atoms. The van der Waals surface area contributed by atoms with Crippen molar-refractivity contribution in [3.8, 4) is 5.75 Å². The Bertz CT molecular complexity index is 1540. The van der Waals surface area contributed by atoms with E-state index >= 15 is 0 Å². The number of anilines is 1. The maximum absolute atomic E-state index is 13.4. The first-order valence-corrected chi connectivity index (χ1v) is 13.3. The number of rotatable bonds is 11. The third-order valence-corrected chi connectivity index (χ3v) is 6.44. The van der Waals surface area contributed by atoms with Crippen LogP contribution >= 0.6 is 0 Å². The van der Waals surface area contributed by atoms with Gasteiger partial charge in [0.25, 0.3) is 5.91 Å². The highest BCUT2D eigenvalue weighted by molar-refractivity contribution is 5.99. The molecule has 4 rings (SSSR count). The van der Waals surface area contributed by atoms with E-state index in [0.29, 0.717) is 16.9 Å². The number of hydrogen-bond acceptors (Lipinski definition) is 5. The van der Waals surface area contributed by atoms with Crippen LogP contribution in [0.25, 0.3) is 0 Å². The summed E-state index contributed by atoms with van der Waals surface area (Å²) >= 11 is 0. The molecule has 0 saturated carbocycles. The summed E-state index contributed by atoms with van der Waals surface area (Å²) in [6.07, 6.45) is 0.278. The monoisotopic (exact) mass is 568 g/mol. The summed E-state index contributed by atoms with van der Waals surface area (Å²) in [5.74, 6) is -0.922. The molecule has 2 atom stereocenters. The summed E-state index contributed by atoms with van der Waals surface area (Å²) in [5, 5.41) is 5.78. The van der Waals surface area contributed by atoms with E-state index in [-0.39, 0.29) is 48.1 Å². The third kappa shape index (κ3) is 8.39. The van der Waals surface area contributed by atoms with Crippen molar-refractivity contribution in [2.45, 2.75) is 32.0 Å². The smallest absolute Gasteiger partial charge is 0.255 e. The summed E-state index contributed by atoms with van der Waals surface area (Å²) in [4.78, 5) is 30.2. The number of halogens is 1. The quantitative estimate of drug-likeness (QED) is 0.134. The van der Waals surface area contributed by atoms with E-state index in [1.54, 1.807) is 54.6 Å². The fourth-order valence-electron chi connectivity index (χ4n) is 4.19. The second-order valence-electron chi connectivity index (χ2n) is 9.73. The largest absolute Gasteiger partial charge is 0.488 e. The lowest BCUT2D eigenvalue weighted by Gasteiger charge is -2.18. The van der Waals surface area contributed by atoms with Crippen LogP contribution in [0.5, 0.6) is 5.75 Å². The molecule has 0 aliphatic rings. The Morgan fingerprint density at radius 3 is 2.24 bits per heavy atom. The SMILES string of the molecule is CC(NC(=O)c1ccc(NC(=O)[C@@H](N)Cc2ccc(N=C(N)N)cc2)cc1OCc1ccc(F)cc1)c1ccccc1. The second kappa shape index (κ2) is 13.9. The number of hydrogen-bond donors (Lipinski definition) is 5. The van der Waals surface area contributed by atoms with Gasteiger partial charge in [0.05, 0.1) is 23.3 Å². The molecule has 4 aromatic rings. The van der Waals surface area contributed by atoms with Gasteiger partial charge < -0.3 is 32.6 Å². The van der Waals surface area contributed by atoms with Crippen LogP contribution in [0.4, 0.5) is 15.8 Å². The molecule has 4 aromatic carbocycles. The van der Waals surface area contributed by atoms with Crippen molar-refractivity contribution in [1.29, 1.82) is 0 Å². The molecule has 0 saturated heterocycles. The minimum atomic E-state index is -0.850. The average molecular weight is 569 g/mol. The minimum Gasteiger partial charge on any atom is -0.488 e. The van der Waals surface area contributed by atoms with Crippen LogP contribution in [0.1, 0.15) is 40.0 Å². The van der Waals surface area contributed by atoms with Gasteiger partial charge in [0.15, 0.2) is 5.96 Å². The van der Waals surface area contributed by atoms with Crippen molar-refractivity contribution in [1.82, 2.24) is 5.32 Å². The van der Waals surface area contributed by atoms with Gasteiger partial charge in [-0.15, -0.1) is 0 Å². The molecule has 1 unspecified atom stereocenters. The van der Waals surface area contributed by atoms with Gasteiger partial charge in [-0.25, -0.2) is 9.38 Å². The molecule has 42 heavy (non-hydrogen) atoms. The number of benzene rings is 4. The molecular weight excluding hydrogens is 535 g/mol. The molecule has 0 fully saturated rings. The topological polar surface area (TPSA) is 158 Å². The van der Waals surface area contributed by atoms with E-state index in [0.717, 1.165) is 11.1 Å². The van der Waals surface area contributed by atoms with Crippen LogP contribution in [-0.2, 0) is 17.8 Å². The Kier molecular flexibility index (Phi) is 9.85. The van der Waals surface area contributed by atoms with Gasteiger partial charge in [0.1, 0.15) is 18.2 Å². The van der Waals surface area contributed by atoms with E-state index < -0.39 is 11.9 Å². The molecular formula is C32H33FN6O3. The van der Waals surface area contributed by atoms with Crippen LogP contribution in [-0.4, -0.2) is 23.8 Å². The third-order valence-electron chi connectivity index (χ3n) is 6.44. The van der Waals surface area contributed by atoms with Crippen LogP contribution < -0.4 is 32.6 Å². The molecule has 0 aliphatic carbocycles. The van der Waals surface area contributed by atoms with Crippen LogP contribution in [0, 0.1) is 5.82 Å². The number of carbonyl (C=O) groups is 2. The maximum Gasteiger partial charge on any atom is 0.255 e. The van der Waals surface area contributed by atoms with Crippen LogP contribution in [0.3, 0.4) is 0 Å². The van der Waals surface area contributed by atoms with Crippen molar-refractivity contribution in [3.63, 3.8) is 0 Å². The lowest BCUT2D eigenvalue weighted by Crippen LogP contribution is -2.37. The molecule has 8 N–H and O–H groups in total. The molecule has 0 aromatic heterocycles. The molecule has 0 aliphatic heterocycles. The number of ether oxygens (including phenoxy) is 1. The number of nitrogens with zero attached hydrogens (tertiary/aromatic N) is 1. The average Bonchev–Trinajstić information content (AvgIpc) is 2.98. The number of aliphatic imine (C=N–C) groups is 1. The predicted molar refractivity (Wildman–Crippen MR) is 162 cm³/mol. The van der Waals surface area contributed by atoms with Crippen LogP contribution in [0.15, 0.2) is 102 Å². The molecule has 2 amide bonds. The van der Waals surface area contributed by atoms with E-state index in [9.17, 15) is 14.0 Å². The summed E-state index contributed by atoms with van der Waals surface area (Å²) in [5.41, 5.74) is 20.7. The van der Waals surface area contributed by atoms with E-state index in [1.165, 1.54) is 12.1 Å². The van der Waals surface area contributed by atoms with E-state index in [4.69, 9.17) is 21.9 Å². The molecule has 9 nitrogen and oxygen atoms in total. The Morgan fingerprint density at radius 2 is 1.57 bits per heavy atom. The molecule has 0 bridgehead atoms. The molecule has 0 radical (unpaired) electrons. The highest BCUT2D eigenvalue weighted by Crippen LogP contribution is 2.26. The first-order chi connectivity index (χ1) is 20.2. The first kappa shape index (κ1) is 29.8. The molecule has 216 valence electrons. The van der Waals surface area contributed by atoms with Crippen molar-refractivity contribution >= 4 is 29.1 Å². The fraction of sp³-hybridized carbons (Fsp3) is 0.156. The van der Waals surface area contributed by atoms with E-state index in [2.05, 4.69) is 15.6 Å². The summed E-state index contributed by atoms with van der Waals surface area (Å²) in [6.45, 7) is 1.97. The zero-order valence-electron chi connectivity index (χ0n) is 23.1. The highest BCUT2D eigenvalue weighted by atomic mass is 19.1. The molecule has 10 heteroatoms. The number of amides is 2. The van der Waals surface area contributed by atoms with Gasteiger partial charge in [-0.1, -0.05) is 54.6 Å². The van der Waals surface area contributed by atoms with Gasteiger partial charge in [0.2, 0.25) is 5.91 Å². The second-order valence-corrected chi connectivity index (χ2v) is 9.73. The maximum atomic E-state index is 13.4. The number of carbonyl (C=O) groups excluding carboxylic acids is 2. The van der Waals surface area contributed by atoms with Gasteiger partial charge in [-0.2, -0.15) is 0 Å². The minimum absolute atomic E-state index is 0.0472. The van der Waals surface area contributed by atoms with Crippen molar-refractivity contribution < 1.29 is 18.7 Å². The van der Waals surface area contributed by atoms with Crippen molar-refractivity contribution in [3.05, 3.63) is 125 Å². The van der Waals surface area contributed by atoms with E-state index in [1.807, 2.05) is 37.3 Å². The Balaban J connectivity index is 1.48. The number of nitrogens with one attached hydrogen (secondary N) is 2. The van der Waals surface area contributed by atoms with Gasteiger partial charge >= 0.3 is 0 Å². The zero-order valence-corrected chi connectivity index (χ0v) is 23.1. The molecule has 0 heterocycles. The standard InChI is InChI=1S/C32H33FN6O3/c1-20(23-5-3-2-4-6-23)37-30(40)27-16-15-26(18-29(27)42-19-22-7-11-24(33)12-8-22)38-31(41)28(34)17-21-9-13-25(14-10-21)39-32(35)36/h2-16,18,20,28H,17,19,34H2,1H3,(H,37,40)(H,38,41)(H4,35,36,39)/t20?,28-/m0/s1. The van der Waals surface area contributed by atoms with Gasteiger partial charge in [-0.3, -0.25) is 9.59 Å². The van der Waals surface area contributed by atoms with Crippen LogP contribution in [0.2, 0.25) is 0 Å². The highest BCUT2D eigenvalue weighted by Gasteiger charge is 2.19. The number of guanidine groups is 1. The Labute approximate surface area is 243 Å². The normalized spacial score (nSPS) is 12.1. The first-order valence-electron chi connectivity index (χ1n) is 13.3. The van der Waals surface area contributed by atoms with Crippen molar-refractivity contribution in [2.24, 2.45) is 22.2 Å². The lowest BCUT2D eigenvalue weighted by atomic mass is 10.1. The van der Waals surface area contributed by atoms with Crippen molar-refractivity contribution in [2.75, 3.05) is 5.32 Å². The van der Waals surface area contributed by atoms with Gasteiger partial charge in [0, 0.05) is 11.8 Å². The predicted octanol–water partition coefficient (Wildman–Crippen LogP) is 4.31. The summed E-state index contributed by atoms with van der Waals surface area (Å²) < 4.78 is 19.4. The Hall–Kier alpha value is -5.22. The fourth-order valence-corrected chi connectivity index (χ4v) is 4.19.